The van der Waals surface area contributed by atoms with Crippen molar-refractivity contribution in [2.45, 2.75) is 25.3 Å². The van der Waals surface area contributed by atoms with E-state index in [1.165, 1.54) is 6.42 Å². The van der Waals surface area contributed by atoms with Gasteiger partial charge in [0.05, 0.1) is 17.6 Å². The third-order valence-corrected chi connectivity index (χ3v) is 3.32. The Hall–Kier alpha value is -1.09. The van der Waals surface area contributed by atoms with Crippen LogP contribution < -0.4 is 0 Å². The van der Waals surface area contributed by atoms with Crippen LogP contribution in [0.1, 0.15) is 25.2 Å². The van der Waals surface area contributed by atoms with Crippen molar-refractivity contribution < 1.29 is 0 Å². The van der Waals surface area contributed by atoms with E-state index in [-0.39, 0.29) is 0 Å². The van der Waals surface area contributed by atoms with Gasteiger partial charge in [0.1, 0.15) is 11.3 Å². The molecule has 0 aromatic carbocycles. The molecular weight excluding hydrogens is 210 g/mol. The van der Waals surface area contributed by atoms with Gasteiger partial charge in [0, 0.05) is 12.2 Å². The molecule has 3 nitrogen and oxygen atoms in total. The van der Waals surface area contributed by atoms with Gasteiger partial charge in [-0.3, -0.25) is 4.98 Å². The lowest BCUT2D eigenvalue weighted by atomic mass is 10.4. The van der Waals surface area contributed by atoms with Crippen LogP contribution >= 0.6 is 11.6 Å². The number of fused-ring (bicyclic) bond motifs is 1. The standard InChI is InChI=1S/C11H12ClN3/c1-7-4-10(7)15-9-2-3-13-6-8(9)14-11(15)5-12/h2-3,6-7,10H,4-5H2,1H3. The van der Waals surface area contributed by atoms with Crippen molar-refractivity contribution in [1.82, 2.24) is 14.5 Å². The number of rotatable bonds is 2. The third kappa shape index (κ3) is 1.34. The summed E-state index contributed by atoms with van der Waals surface area (Å²) in [5.74, 6) is 2.18. The lowest BCUT2D eigenvalue weighted by molar-refractivity contribution is 0.677. The number of alkyl halides is 1. The lowest BCUT2D eigenvalue weighted by Gasteiger charge is -2.05. The Labute approximate surface area is 93.1 Å². The number of hydrogen-bond acceptors (Lipinski definition) is 2. The highest BCUT2D eigenvalue weighted by Gasteiger charge is 2.36. The fourth-order valence-corrected chi connectivity index (χ4v) is 2.32. The summed E-state index contributed by atoms with van der Waals surface area (Å²) in [5, 5.41) is 0. The monoisotopic (exact) mass is 221 g/mol. The van der Waals surface area contributed by atoms with Crippen molar-refractivity contribution in [3.8, 4) is 0 Å². The molecule has 0 saturated heterocycles. The summed E-state index contributed by atoms with van der Waals surface area (Å²) in [6, 6.07) is 2.61. The maximum absolute atomic E-state index is 5.92. The normalized spacial score (nSPS) is 24.7. The molecule has 4 heteroatoms. The van der Waals surface area contributed by atoms with E-state index < -0.39 is 0 Å². The van der Waals surface area contributed by atoms with Gasteiger partial charge in [0.25, 0.3) is 0 Å². The van der Waals surface area contributed by atoms with E-state index in [9.17, 15) is 0 Å². The first-order valence-corrected chi connectivity index (χ1v) is 5.71. The maximum Gasteiger partial charge on any atom is 0.125 e. The smallest absolute Gasteiger partial charge is 0.125 e. The Balaban J connectivity index is 2.23. The molecule has 2 atom stereocenters. The molecule has 15 heavy (non-hydrogen) atoms. The molecule has 0 bridgehead atoms. The average Bonchev–Trinajstić information content (AvgIpc) is 2.85. The van der Waals surface area contributed by atoms with Crippen molar-refractivity contribution >= 4 is 22.6 Å². The Morgan fingerprint density at radius 1 is 1.60 bits per heavy atom. The highest BCUT2D eigenvalue weighted by atomic mass is 35.5. The van der Waals surface area contributed by atoms with Gasteiger partial charge in [-0.05, 0) is 18.4 Å². The lowest BCUT2D eigenvalue weighted by Crippen LogP contribution is -2.00. The van der Waals surface area contributed by atoms with Gasteiger partial charge in [0.2, 0.25) is 0 Å². The molecular formula is C11H12ClN3. The van der Waals surface area contributed by atoms with Gasteiger partial charge in [0.15, 0.2) is 0 Å². The zero-order valence-corrected chi connectivity index (χ0v) is 9.28. The highest BCUT2D eigenvalue weighted by molar-refractivity contribution is 6.16. The molecule has 1 aliphatic carbocycles. The molecule has 3 rings (SSSR count). The Morgan fingerprint density at radius 2 is 2.40 bits per heavy atom. The predicted molar refractivity (Wildman–Crippen MR) is 59.9 cm³/mol. The first-order valence-electron chi connectivity index (χ1n) is 5.18. The van der Waals surface area contributed by atoms with Crippen LogP contribution in [0, 0.1) is 5.92 Å². The topological polar surface area (TPSA) is 30.7 Å². The summed E-state index contributed by atoms with van der Waals surface area (Å²) in [6.07, 6.45) is 4.85. The molecule has 0 amide bonds. The molecule has 2 heterocycles. The summed E-state index contributed by atoms with van der Waals surface area (Å²) in [7, 11) is 0. The van der Waals surface area contributed by atoms with Crippen LogP contribution in [-0.4, -0.2) is 14.5 Å². The first kappa shape index (κ1) is 9.16. The van der Waals surface area contributed by atoms with Crippen LogP contribution in [0.25, 0.3) is 11.0 Å². The number of pyridine rings is 1. The van der Waals surface area contributed by atoms with Gasteiger partial charge in [-0.1, -0.05) is 6.92 Å². The van der Waals surface area contributed by atoms with Crippen LogP contribution in [0.15, 0.2) is 18.5 Å². The summed E-state index contributed by atoms with van der Waals surface area (Å²) in [4.78, 5) is 8.58. The van der Waals surface area contributed by atoms with Gasteiger partial charge in [-0.2, -0.15) is 0 Å². The fraction of sp³-hybridized carbons (Fsp3) is 0.455. The van der Waals surface area contributed by atoms with Gasteiger partial charge >= 0.3 is 0 Å². The van der Waals surface area contributed by atoms with E-state index in [1.54, 1.807) is 6.20 Å². The molecule has 1 saturated carbocycles. The first-order chi connectivity index (χ1) is 7.31. The Morgan fingerprint density at radius 3 is 3.07 bits per heavy atom. The van der Waals surface area contributed by atoms with Crippen molar-refractivity contribution in [1.29, 1.82) is 0 Å². The molecule has 1 aliphatic rings. The van der Waals surface area contributed by atoms with E-state index in [2.05, 4.69) is 21.5 Å². The van der Waals surface area contributed by atoms with E-state index in [0.29, 0.717) is 11.9 Å². The second-order valence-corrected chi connectivity index (χ2v) is 4.44. The minimum atomic E-state index is 0.470. The van der Waals surface area contributed by atoms with E-state index in [1.807, 2.05) is 12.3 Å². The average molecular weight is 222 g/mol. The summed E-state index contributed by atoms with van der Waals surface area (Å²) >= 11 is 5.92. The van der Waals surface area contributed by atoms with Crippen molar-refractivity contribution in [2.24, 2.45) is 5.92 Å². The SMILES string of the molecule is CC1CC1n1c(CCl)nc2cnccc21. The van der Waals surface area contributed by atoms with E-state index in [4.69, 9.17) is 11.6 Å². The molecule has 0 spiro atoms. The van der Waals surface area contributed by atoms with Crippen molar-refractivity contribution in [3.63, 3.8) is 0 Å². The number of aromatic nitrogens is 3. The molecule has 0 N–H and O–H groups in total. The minimum absolute atomic E-state index is 0.470. The van der Waals surface area contributed by atoms with Crippen LogP contribution in [-0.2, 0) is 5.88 Å². The van der Waals surface area contributed by atoms with Crippen LogP contribution in [0.4, 0.5) is 0 Å². The maximum atomic E-state index is 5.92. The second-order valence-electron chi connectivity index (χ2n) is 4.18. The quantitative estimate of drug-likeness (QED) is 0.731. The zero-order valence-electron chi connectivity index (χ0n) is 8.52. The van der Waals surface area contributed by atoms with E-state index in [0.717, 1.165) is 22.8 Å². The minimum Gasteiger partial charge on any atom is -0.323 e. The molecule has 2 unspecified atom stereocenters. The predicted octanol–water partition coefficient (Wildman–Crippen LogP) is 2.75. The fourth-order valence-electron chi connectivity index (χ4n) is 2.13. The molecule has 1 fully saturated rings. The second kappa shape index (κ2) is 3.20. The Kier molecular flexibility index (Phi) is 1.96. The summed E-state index contributed by atoms with van der Waals surface area (Å²) in [5.41, 5.74) is 2.11. The Bertz CT molecular complexity index is 506. The van der Waals surface area contributed by atoms with Gasteiger partial charge < -0.3 is 4.57 Å². The van der Waals surface area contributed by atoms with Crippen LogP contribution in [0.5, 0.6) is 0 Å². The van der Waals surface area contributed by atoms with Gasteiger partial charge in [-0.15, -0.1) is 11.6 Å². The largest absolute Gasteiger partial charge is 0.323 e. The number of imidazole rings is 1. The number of nitrogens with zero attached hydrogens (tertiary/aromatic N) is 3. The third-order valence-electron chi connectivity index (χ3n) is 3.08. The van der Waals surface area contributed by atoms with Crippen molar-refractivity contribution in [2.75, 3.05) is 0 Å². The molecule has 78 valence electrons. The van der Waals surface area contributed by atoms with Gasteiger partial charge in [-0.25, -0.2) is 4.98 Å². The van der Waals surface area contributed by atoms with Crippen LogP contribution in [0.2, 0.25) is 0 Å². The molecule has 2 aromatic rings. The number of halogens is 1. The number of hydrogen-bond donors (Lipinski definition) is 0. The van der Waals surface area contributed by atoms with Crippen molar-refractivity contribution in [3.05, 3.63) is 24.3 Å². The molecule has 0 aliphatic heterocycles. The summed E-state index contributed by atoms with van der Waals surface area (Å²) < 4.78 is 2.27. The molecule has 2 aromatic heterocycles. The zero-order chi connectivity index (χ0) is 10.4. The summed E-state index contributed by atoms with van der Waals surface area (Å²) in [6.45, 7) is 2.26. The molecule has 0 radical (unpaired) electrons. The van der Waals surface area contributed by atoms with E-state index >= 15 is 0 Å². The highest BCUT2D eigenvalue weighted by Crippen LogP contribution is 2.45. The van der Waals surface area contributed by atoms with Crippen LogP contribution in [0.3, 0.4) is 0 Å².